The van der Waals surface area contributed by atoms with Gasteiger partial charge in [0.2, 0.25) is 0 Å². The zero-order valence-electron chi connectivity index (χ0n) is 12.6. The molecule has 102 valence electrons. The number of pyridine rings is 1. The smallest absolute Gasteiger partial charge is 0.0454 e. The minimum absolute atomic E-state index is 0.507. The van der Waals surface area contributed by atoms with E-state index in [-0.39, 0.29) is 0 Å². The van der Waals surface area contributed by atoms with Gasteiger partial charge in [-0.05, 0) is 76.4 Å². The zero-order valence-corrected chi connectivity index (χ0v) is 14.8. The molecule has 0 bridgehead atoms. The third kappa shape index (κ3) is 2.51. The van der Waals surface area contributed by atoms with Gasteiger partial charge >= 0.3 is 0 Å². The Kier molecular flexibility index (Phi) is 4.19. The summed E-state index contributed by atoms with van der Waals surface area (Å²) in [6, 6.07) is 2.36. The fraction of sp³-hybridized carbons (Fsp3) is 0.471. The largest absolute Gasteiger partial charge is 0.261 e. The Balaban J connectivity index is 3.03. The third-order valence-corrected chi connectivity index (χ3v) is 4.97. The highest BCUT2D eigenvalue weighted by atomic mass is 127. The summed E-state index contributed by atoms with van der Waals surface area (Å²) in [6.45, 7) is 13.4. The topological polar surface area (TPSA) is 12.9 Å². The molecule has 2 rings (SSSR count). The monoisotopic (exact) mass is 367 g/mol. The van der Waals surface area contributed by atoms with E-state index < -0.39 is 0 Å². The molecule has 0 amide bonds. The molecule has 0 aliphatic heterocycles. The highest BCUT2D eigenvalue weighted by molar-refractivity contribution is 14.1. The van der Waals surface area contributed by atoms with Gasteiger partial charge in [-0.2, -0.15) is 0 Å². The summed E-state index contributed by atoms with van der Waals surface area (Å²) in [6.07, 6.45) is 2.07. The molecule has 0 N–H and O–H groups in total. The number of fused-ring (bicyclic) bond motifs is 1. The molecule has 0 aliphatic rings. The lowest BCUT2D eigenvalue weighted by atomic mass is 9.87. The Hall–Kier alpha value is -0.640. The van der Waals surface area contributed by atoms with Crippen molar-refractivity contribution in [2.24, 2.45) is 0 Å². The van der Waals surface area contributed by atoms with Crippen LogP contribution in [0.25, 0.3) is 10.8 Å². The van der Waals surface area contributed by atoms with Crippen LogP contribution in [0.4, 0.5) is 0 Å². The standard InChI is InChI=1S/C17H22IN/c1-9(2)13-7-15(18)11(5)16-12(6)19-8-14(10(3)4)17(13)16/h7-10H,1-6H3. The lowest BCUT2D eigenvalue weighted by Crippen LogP contribution is -2.02. The molecule has 0 radical (unpaired) electrons. The molecule has 0 atom stereocenters. The predicted molar refractivity (Wildman–Crippen MR) is 92.1 cm³/mol. The number of rotatable bonds is 2. The van der Waals surface area contributed by atoms with Crippen molar-refractivity contribution in [2.45, 2.75) is 53.4 Å². The average molecular weight is 367 g/mol. The number of halogens is 1. The summed E-state index contributed by atoms with van der Waals surface area (Å²) in [7, 11) is 0. The van der Waals surface area contributed by atoms with Crippen molar-refractivity contribution >= 4 is 33.4 Å². The summed E-state index contributed by atoms with van der Waals surface area (Å²) < 4.78 is 1.35. The van der Waals surface area contributed by atoms with E-state index in [1.54, 1.807) is 0 Å². The van der Waals surface area contributed by atoms with Crippen molar-refractivity contribution in [3.8, 4) is 0 Å². The highest BCUT2D eigenvalue weighted by Crippen LogP contribution is 2.36. The van der Waals surface area contributed by atoms with Crippen molar-refractivity contribution in [2.75, 3.05) is 0 Å². The van der Waals surface area contributed by atoms with Crippen molar-refractivity contribution < 1.29 is 0 Å². The van der Waals surface area contributed by atoms with Crippen LogP contribution in [-0.4, -0.2) is 4.98 Å². The maximum absolute atomic E-state index is 4.63. The number of benzene rings is 1. The number of aromatic nitrogens is 1. The molecule has 0 unspecified atom stereocenters. The van der Waals surface area contributed by atoms with Gasteiger partial charge in [0.25, 0.3) is 0 Å². The van der Waals surface area contributed by atoms with Crippen LogP contribution in [0.2, 0.25) is 0 Å². The molecule has 1 heterocycles. The van der Waals surface area contributed by atoms with Crippen molar-refractivity contribution in [1.82, 2.24) is 4.98 Å². The molecule has 2 heteroatoms. The number of hydrogen-bond donors (Lipinski definition) is 0. The van der Waals surface area contributed by atoms with Crippen LogP contribution in [0.3, 0.4) is 0 Å². The van der Waals surface area contributed by atoms with E-state index in [1.165, 1.54) is 31.0 Å². The third-order valence-electron chi connectivity index (χ3n) is 3.85. The summed E-state index contributed by atoms with van der Waals surface area (Å²) in [5.74, 6) is 1.04. The second-order valence-electron chi connectivity index (χ2n) is 5.93. The van der Waals surface area contributed by atoms with Gasteiger partial charge in [-0.3, -0.25) is 4.98 Å². The Bertz CT molecular complexity index is 627. The van der Waals surface area contributed by atoms with Gasteiger partial charge in [-0.25, -0.2) is 0 Å². The molecule has 1 nitrogen and oxygen atoms in total. The first kappa shape index (κ1) is 14.8. The lowest BCUT2D eigenvalue weighted by molar-refractivity contribution is 0.846. The molecule has 1 aromatic heterocycles. The average Bonchev–Trinajstić information content (AvgIpc) is 2.32. The molecule has 0 spiro atoms. The number of hydrogen-bond acceptors (Lipinski definition) is 1. The Morgan fingerprint density at radius 1 is 0.947 bits per heavy atom. The summed E-state index contributed by atoms with van der Waals surface area (Å²) in [4.78, 5) is 4.63. The van der Waals surface area contributed by atoms with Crippen LogP contribution in [0.15, 0.2) is 12.3 Å². The molecular formula is C17H22IN. The second kappa shape index (κ2) is 5.39. The van der Waals surface area contributed by atoms with E-state index in [2.05, 4.69) is 81.4 Å². The SMILES string of the molecule is Cc1ncc(C(C)C)c2c(C(C)C)cc(I)c(C)c12. The van der Waals surface area contributed by atoms with Gasteiger partial charge in [0.15, 0.2) is 0 Å². The van der Waals surface area contributed by atoms with Gasteiger partial charge in [0.05, 0.1) is 0 Å². The predicted octanol–water partition coefficient (Wildman–Crippen LogP) is 5.70. The van der Waals surface area contributed by atoms with Crippen molar-refractivity contribution in [3.05, 3.63) is 38.2 Å². The van der Waals surface area contributed by atoms with Gasteiger partial charge in [0.1, 0.15) is 0 Å². The maximum Gasteiger partial charge on any atom is 0.0454 e. The fourth-order valence-corrected chi connectivity index (χ4v) is 3.33. The molecular weight excluding hydrogens is 345 g/mol. The fourth-order valence-electron chi connectivity index (χ4n) is 2.72. The number of nitrogens with zero attached hydrogens (tertiary/aromatic N) is 1. The van der Waals surface area contributed by atoms with Gasteiger partial charge in [-0.1, -0.05) is 27.7 Å². The van der Waals surface area contributed by atoms with Gasteiger partial charge in [0, 0.05) is 20.8 Å². The summed E-state index contributed by atoms with van der Waals surface area (Å²) >= 11 is 2.45. The van der Waals surface area contributed by atoms with Crippen LogP contribution in [0.5, 0.6) is 0 Å². The van der Waals surface area contributed by atoms with E-state index in [0.29, 0.717) is 11.8 Å². The molecule has 0 aliphatic carbocycles. The van der Waals surface area contributed by atoms with Crippen LogP contribution in [0.1, 0.15) is 61.9 Å². The van der Waals surface area contributed by atoms with Crippen LogP contribution in [0, 0.1) is 17.4 Å². The normalized spacial score (nSPS) is 11.8. The first-order chi connectivity index (χ1) is 8.84. The Morgan fingerprint density at radius 2 is 1.53 bits per heavy atom. The van der Waals surface area contributed by atoms with Crippen molar-refractivity contribution in [3.63, 3.8) is 0 Å². The summed E-state index contributed by atoms with van der Waals surface area (Å²) in [5.41, 5.74) is 5.35. The van der Waals surface area contributed by atoms with Crippen LogP contribution < -0.4 is 0 Å². The van der Waals surface area contributed by atoms with Crippen LogP contribution in [-0.2, 0) is 0 Å². The minimum atomic E-state index is 0.507. The van der Waals surface area contributed by atoms with Gasteiger partial charge < -0.3 is 0 Å². The Labute approximate surface area is 130 Å². The first-order valence-corrected chi connectivity index (χ1v) is 8.00. The number of aryl methyl sites for hydroxylation is 2. The maximum atomic E-state index is 4.63. The van der Waals surface area contributed by atoms with E-state index in [4.69, 9.17) is 0 Å². The van der Waals surface area contributed by atoms with E-state index in [9.17, 15) is 0 Å². The zero-order chi connectivity index (χ0) is 14.3. The summed E-state index contributed by atoms with van der Waals surface area (Å²) in [5, 5.41) is 2.80. The molecule has 19 heavy (non-hydrogen) atoms. The quantitative estimate of drug-likeness (QED) is 0.620. The molecule has 2 aromatic rings. The molecule has 0 saturated carbocycles. The molecule has 0 saturated heterocycles. The minimum Gasteiger partial charge on any atom is -0.261 e. The van der Waals surface area contributed by atoms with E-state index >= 15 is 0 Å². The lowest BCUT2D eigenvalue weighted by Gasteiger charge is -2.20. The first-order valence-electron chi connectivity index (χ1n) is 6.92. The van der Waals surface area contributed by atoms with Crippen LogP contribution >= 0.6 is 22.6 Å². The van der Waals surface area contributed by atoms with Gasteiger partial charge in [-0.15, -0.1) is 0 Å². The van der Waals surface area contributed by atoms with E-state index in [0.717, 1.165) is 5.69 Å². The Morgan fingerprint density at radius 3 is 2.05 bits per heavy atom. The highest BCUT2D eigenvalue weighted by Gasteiger charge is 2.17. The molecule has 1 aromatic carbocycles. The second-order valence-corrected chi connectivity index (χ2v) is 7.09. The van der Waals surface area contributed by atoms with E-state index in [1.807, 2.05) is 0 Å². The molecule has 0 fully saturated rings. The van der Waals surface area contributed by atoms with Crippen molar-refractivity contribution in [1.29, 1.82) is 0 Å².